The molecule has 0 bridgehead atoms. The summed E-state index contributed by atoms with van der Waals surface area (Å²) in [5.41, 5.74) is 7.38. The lowest BCUT2D eigenvalue weighted by atomic mass is 10.1. The molecule has 0 atom stereocenters. The van der Waals surface area contributed by atoms with Gasteiger partial charge < -0.3 is 21.0 Å². The van der Waals surface area contributed by atoms with Gasteiger partial charge in [-0.25, -0.2) is 0 Å². The maximum absolute atomic E-state index is 12.4. The van der Waals surface area contributed by atoms with Crippen LogP contribution in [-0.2, 0) is 17.6 Å². The van der Waals surface area contributed by atoms with E-state index in [1.807, 2.05) is 42.5 Å². The van der Waals surface area contributed by atoms with E-state index >= 15 is 0 Å². The van der Waals surface area contributed by atoms with Crippen LogP contribution >= 0.6 is 44.3 Å². The molecule has 0 saturated heterocycles. The fourth-order valence-corrected chi connectivity index (χ4v) is 4.00. The zero-order chi connectivity index (χ0) is 20.4. The van der Waals surface area contributed by atoms with Crippen molar-refractivity contribution < 1.29 is 14.7 Å². The molecule has 158 valence electrons. The van der Waals surface area contributed by atoms with Crippen LogP contribution in [-0.4, -0.2) is 36.5 Å². The standard InChI is InChI=1S/C20H23Br2N3O3.ClH/c21-16-11-15(19(17(22)13-16)28-10-4-8-23)12-18(25-27)20(26)24-9-7-14-5-2-1-3-6-14;/h1-3,5-6,11,13,27H,4,7-10,12,23H2,(H,24,26);1H/b25-18-;. The van der Waals surface area contributed by atoms with E-state index in [0.717, 1.165) is 20.1 Å². The van der Waals surface area contributed by atoms with E-state index in [1.165, 1.54) is 0 Å². The second kappa shape index (κ2) is 13.6. The Morgan fingerprint density at radius 2 is 1.93 bits per heavy atom. The molecular formula is C20H24Br2ClN3O3. The van der Waals surface area contributed by atoms with Gasteiger partial charge in [0.1, 0.15) is 11.5 Å². The smallest absolute Gasteiger partial charge is 0.269 e. The van der Waals surface area contributed by atoms with Gasteiger partial charge in [-0.15, -0.1) is 12.4 Å². The number of benzene rings is 2. The Morgan fingerprint density at radius 3 is 2.59 bits per heavy atom. The summed E-state index contributed by atoms with van der Waals surface area (Å²) in [6.45, 7) is 1.43. The molecule has 0 spiro atoms. The highest BCUT2D eigenvalue weighted by Crippen LogP contribution is 2.33. The highest BCUT2D eigenvalue weighted by Gasteiger charge is 2.18. The number of ether oxygens (including phenoxy) is 1. The molecule has 9 heteroatoms. The molecule has 0 aliphatic heterocycles. The number of hydrogen-bond acceptors (Lipinski definition) is 5. The predicted octanol–water partition coefficient (Wildman–Crippen LogP) is 4.09. The summed E-state index contributed by atoms with van der Waals surface area (Å²) in [4.78, 5) is 12.4. The topological polar surface area (TPSA) is 96.9 Å². The van der Waals surface area contributed by atoms with Gasteiger partial charge in [-0.05, 0) is 53.0 Å². The number of carbonyl (C=O) groups is 1. The Labute approximate surface area is 193 Å². The number of nitrogens with zero attached hydrogens (tertiary/aromatic N) is 1. The highest BCUT2D eigenvalue weighted by atomic mass is 79.9. The minimum Gasteiger partial charge on any atom is -0.492 e. The third-order valence-corrected chi connectivity index (χ3v) is 5.01. The van der Waals surface area contributed by atoms with Gasteiger partial charge in [-0.1, -0.05) is 51.4 Å². The zero-order valence-electron chi connectivity index (χ0n) is 15.7. The molecule has 0 aliphatic rings. The Bertz CT molecular complexity index is 820. The van der Waals surface area contributed by atoms with E-state index in [2.05, 4.69) is 42.3 Å². The number of rotatable bonds is 10. The molecule has 2 aromatic carbocycles. The Hall–Kier alpha value is -1.61. The molecule has 4 N–H and O–H groups in total. The van der Waals surface area contributed by atoms with Crippen LogP contribution in [0.25, 0.3) is 0 Å². The second-order valence-electron chi connectivity index (χ2n) is 6.08. The predicted molar refractivity (Wildman–Crippen MR) is 124 cm³/mol. The fraction of sp³-hybridized carbons (Fsp3) is 0.300. The lowest BCUT2D eigenvalue weighted by Gasteiger charge is -2.14. The van der Waals surface area contributed by atoms with Crippen LogP contribution in [0, 0.1) is 0 Å². The van der Waals surface area contributed by atoms with Crippen molar-refractivity contribution in [2.45, 2.75) is 19.3 Å². The summed E-state index contributed by atoms with van der Waals surface area (Å²) < 4.78 is 7.38. The summed E-state index contributed by atoms with van der Waals surface area (Å²) in [6.07, 6.45) is 1.54. The molecule has 2 rings (SSSR count). The maximum atomic E-state index is 12.4. The van der Waals surface area contributed by atoms with Gasteiger partial charge in [0.25, 0.3) is 5.91 Å². The molecule has 29 heavy (non-hydrogen) atoms. The van der Waals surface area contributed by atoms with Crippen LogP contribution in [0.4, 0.5) is 0 Å². The summed E-state index contributed by atoms with van der Waals surface area (Å²) in [7, 11) is 0. The lowest BCUT2D eigenvalue weighted by molar-refractivity contribution is -0.115. The minimum atomic E-state index is -0.414. The second-order valence-corrected chi connectivity index (χ2v) is 7.85. The van der Waals surface area contributed by atoms with Crippen LogP contribution < -0.4 is 15.8 Å². The third-order valence-electron chi connectivity index (χ3n) is 3.96. The van der Waals surface area contributed by atoms with Gasteiger partial charge in [0.05, 0.1) is 11.1 Å². The third kappa shape index (κ3) is 8.34. The summed E-state index contributed by atoms with van der Waals surface area (Å²) in [5.74, 6) is 0.192. The first kappa shape index (κ1) is 25.4. The van der Waals surface area contributed by atoms with Gasteiger partial charge in [-0.2, -0.15) is 0 Å². The van der Waals surface area contributed by atoms with Gasteiger partial charge in [0, 0.05) is 23.0 Å². The molecule has 0 fully saturated rings. The van der Waals surface area contributed by atoms with Crippen molar-refractivity contribution in [3.05, 3.63) is 62.5 Å². The highest BCUT2D eigenvalue weighted by molar-refractivity contribution is 9.11. The minimum absolute atomic E-state index is 0. The van der Waals surface area contributed by atoms with Crippen molar-refractivity contribution in [2.75, 3.05) is 19.7 Å². The fourth-order valence-electron chi connectivity index (χ4n) is 2.57. The van der Waals surface area contributed by atoms with Crippen LogP contribution in [0.2, 0.25) is 0 Å². The van der Waals surface area contributed by atoms with E-state index < -0.39 is 5.91 Å². The molecule has 0 radical (unpaired) electrons. The number of hydrogen-bond donors (Lipinski definition) is 3. The molecule has 0 saturated carbocycles. The SMILES string of the molecule is Cl.NCCCOc1c(Br)cc(Br)cc1C/C(=N/O)C(=O)NCCc1ccccc1. The van der Waals surface area contributed by atoms with Crippen molar-refractivity contribution in [3.8, 4) is 5.75 Å². The summed E-state index contributed by atoms with van der Waals surface area (Å²) in [5, 5.41) is 15.4. The number of nitrogens with two attached hydrogens (primary N) is 1. The van der Waals surface area contributed by atoms with E-state index in [0.29, 0.717) is 38.3 Å². The van der Waals surface area contributed by atoms with Crippen molar-refractivity contribution in [1.29, 1.82) is 0 Å². The number of carbonyl (C=O) groups excluding carboxylic acids is 1. The van der Waals surface area contributed by atoms with Crippen molar-refractivity contribution in [3.63, 3.8) is 0 Å². The Morgan fingerprint density at radius 1 is 1.21 bits per heavy atom. The van der Waals surface area contributed by atoms with Crippen molar-refractivity contribution in [2.24, 2.45) is 10.9 Å². The molecule has 6 nitrogen and oxygen atoms in total. The first-order chi connectivity index (χ1) is 13.5. The molecule has 0 unspecified atom stereocenters. The van der Waals surface area contributed by atoms with E-state index in [1.54, 1.807) is 0 Å². The molecule has 1 amide bonds. The first-order valence-corrected chi connectivity index (χ1v) is 10.5. The number of oxime groups is 1. The van der Waals surface area contributed by atoms with E-state index in [-0.39, 0.29) is 24.5 Å². The van der Waals surface area contributed by atoms with Gasteiger partial charge >= 0.3 is 0 Å². The molecule has 2 aromatic rings. The molecular weight excluding hydrogens is 525 g/mol. The molecule has 0 aliphatic carbocycles. The van der Waals surface area contributed by atoms with Crippen LogP contribution in [0.3, 0.4) is 0 Å². The van der Waals surface area contributed by atoms with Gasteiger partial charge in [0.2, 0.25) is 0 Å². The lowest BCUT2D eigenvalue weighted by Crippen LogP contribution is -2.33. The maximum Gasteiger partial charge on any atom is 0.269 e. The van der Waals surface area contributed by atoms with Crippen LogP contribution in [0.15, 0.2) is 56.6 Å². The van der Waals surface area contributed by atoms with E-state index in [4.69, 9.17) is 10.5 Å². The zero-order valence-corrected chi connectivity index (χ0v) is 19.7. The monoisotopic (exact) mass is 547 g/mol. The van der Waals surface area contributed by atoms with Crippen molar-refractivity contribution >= 4 is 55.9 Å². The summed E-state index contributed by atoms with van der Waals surface area (Å²) >= 11 is 6.91. The van der Waals surface area contributed by atoms with Crippen molar-refractivity contribution in [1.82, 2.24) is 5.32 Å². The number of nitrogens with one attached hydrogen (secondary N) is 1. The number of halogens is 3. The average Bonchev–Trinajstić information content (AvgIpc) is 2.68. The summed E-state index contributed by atoms with van der Waals surface area (Å²) in [6, 6.07) is 13.5. The van der Waals surface area contributed by atoms with Crippen LogP contribution in [0.1, 0.15) is 17.5 Å². The quantitative estimate of drug-likeness (QED) is 0.180. The Balaban J connectivity index is 0.00000420. The Kier molecular flexibility index (Phi) is 11.9. The first-order valence-electron chi connectivity index (χ1n) is 8.89. The molecule has 0 heterocycles. The molecule has 0 aromatic heterocycles. The largest absolute Gasteiger partial charge is 0.492 e. The average molecular weight is 550 g/mol. The van der Waals surface area contributed by atoms with Crippen LogP contribution in [0.5, 0.6) is 5.75 Å². The van der Waals surface area contributed by atoms with E-state index in [9.17, 15) is 10.0 Å². The van der Waals surface area contributed by atoms with Gasteiger partial charge in [-0.3, -0.25) is 4.79 Å². The normalized spacial score (nSPS) is 10.9. The number of amides is 1. The van der Waals surface area contributed by atoms with Gasteiger partial charge in [0.15, 0.2) is 0 Å².